The number of amides is 1. The molecule has 140 valence electrons. The Kier molecular flexibility index (Phi) is 4.58. The molecular weight excluding hydrogens is 332 g/mol. The number of ether oxygens (including phenoxy) is 1. The van der Waals surface area contributed by atoms with Crippen molar-refractivity contribution in [1.29, 1.82) is 0 Å². The molecule has 2 saturated heterocycles. The normalized spacial score (nSPS) is 23.8. The maximum absolute atomic E-state index is 13.0. The van der Waals surface area contributed by atoms with Crippen LogP contribution in [0, 0.1) is 0 Å². The van der Waals surface area contributed by atoms with Crippen LogP contribution in [-0.2, 0) is 11.8 Å². The summed E-state index contributed by atoms with van der Waals surface area (Å²) in [5, 5.41) is 9.80. The zero-order valence-corrected chi connectivity index (χ0v) is 15.4. The van der Waals surface area contributed by atoms with Crippen molar-refractivity contribution in [2.75, 3.05) is 37.7 Å². The molecule has 0 bridgehead atoms. The molecule has 2 atom stereocenters. The first-order valence-electron chi connectivity index (χ1n) is 9.36. The summed E-state index contributed by atoms with van der Waals surface area (Å²) in [5.41, 5.74) is 2.48. The third-order valence-electron chi connectivity index (χ3n) is 5.51. The molecule has 0 radical (unpaired) electrons. The number of anilines is 1. The first-order chi connectivity index (χ1) is 12.6. The highest BCUT2D eigenvalue weighted by Gasteiger charge is 2.28. The number of aryl methyl sites for hydroxylation is 1. The van der Waals surface area contributed by atoms with E-state index in [1.54, 1.807) is 0 Å². The summed E-state index contributed by atoms with van der Waals surface area (Å²) < 4.78 is 7.54. The van der Waals surface area contributed by atoms with E-state index in [4.69, 9.17) is 9.72 Å². The summed E-state index contributed by atoms with van der Waals surface area (Å²) >= 11 is 0. The Balaban J connectivity index is 1.64. The largest absolute Gasteiger partial charge is 0.391 e. The van der Waals surface area contributed by atoms with E-state index < -0.39 is 0 Å². The first kappa shape index (κ1) is 17.3. The Labute approximate surface area is 153 Å². The fourth-order valence-electron chi connectivity index (χ4n) is 3.95. The minimum Gasteiger partial charge on any atom is -0.391 e. The van der Waals surface area contributed by atoms with E-state index in [2.05, 4.69) is 11.8 Å². The SMILES string of the molecule is CC[C@H]1COCCN1C(=O)c1ccc2c(c1)nc(N1CC[C@H](O)C1)n2C. The van der Waals surface area contributed by atoms with Gasteiger partial charge in [-0.2, -0.15) is 0 Å². The zero-order chi connectivity index (χ0) is 18.3. The number of morpholine rings is 1. The average Bonchev–Trinajstić information content (AvgIpc) is 3.24. The van der Waals surface area contributed by atoms with Crippen LogP contribution in [0.15, 0.2) is 18.2 Å². The Hall–Kier alpha value is -2.12. The third-order valence-corrected chi connectivity index (χ3v) is 5.51. The van der Waals surface area contributed by atoms with Crippen molar-refractivity contribution in [2.45, 2.75) is 31.9 Å². The molecular formula is C19H26N4O3. The Morgan fingerprint density at radius 3 is 2.96 bits per heavy atom. The van der Waals surface area contributed by atoms with Crippen molar-refractivity contribution < 1.29 is 14.6 Å². The van der Waals surface area contributed by atoms with E-state index in [0.717, 1.165) is 36.4 Å². The van der Waals surface area contributed by atoms with Gasteiger partial charge in [0.2, 0.25) is 5.95 Å². The standard InChI is InChI=1S/C19H26N4O3/c1-3-14-12-26-9-8-23(14)18(25)13-4-5-17-16(10-13)20-19(21(17)2)22-7-6-15(24)11-22/h4-5,10,14-15,24H,3,6-9,11-12H2,1-2H3/t14-,15-/m0/s1. The molecule has 7 nitrogen and oxygen atoms in total. The lowest BCUT2D eigenvalue weighted by molar-refractivity contribution is -0.00279. The molecule has 1 aromatic heterocycles. The predicted molar refractivity (Wildman–Crippen MR) is 99.5 cm³/mol. The molecule has 3 heterocycles. The van der Waals surface area contributed by atoms with Crippen LogP contribution in [0.3, 0.4) is 0 Å². The molecule has 7 heteroatoms. The van der Waals surface area contributed by atoms with Gasteiger partial charge in [-0.3, -0.25) is 4.79 Å². The monoisotopic (exact) mass is 358 g/mol. The highest BCUT2D eigenvalue weighted by Crippen LogP contribution is 2.26. The minimum atomic E-state index is -0.292. The van der Waals surface area contributed by atoms with Crippen molar-refractivity contribution in [3.05, 3.63) is 23.8 Å². The molecule has 1 N–H and O–H groups in total. The van der Waals surface area contributed by atoms with Gasteiger partial charge in [-0.1, -0.05) is 6.92 Å². The molecule has 0 unspecified atom stereocenters. The highest BCUT2D eigenvalue weighted by atomic mass is 16.5. The maximum atomic E-state index is 13.0. The fourth-order valence-corrected chi connectivity index (χ4v) is 3.95. The van der Waals surface area contributed by atoms with Crippen molar-refractivity contribution in [3.8, 4) is 0 Å². The number of hydrogen-bond acceptors (Lipinski definition) is 5. The summed E-state index contributed by atoms with van der Waals surface area (Å²) in [6.07, 6.45) is 1.36. The number of aromatic nitrogens is 2. The van der Waals surface area contributed by atoms with Gasteiger partial charge in [-0.25, -0.2) is 4.98 Å². The molecule has 1 amide bonds. The molecule has 1 aromatic carbocycles. The van der Waals surface area contributed by atoms with Gasteiger partial charge in [0.1, 0.15) is 0 Å². The first-order valence-corrected chi connectivity index (χ1v) is 9.36. The summed E-state index contributed by atoms with van der Waals surface area (Å²) in [6, 6.07) is 5.87. The Morgan fingerprint density at radius 2 is 2.23 bits per heavy atom. The topological polar surface area (TPSA) is 70.8 Å². The fraction of sp³-hybridized carbons (Fsp3) is 0.579. The van der Waals surface area contributed by atoms with E-state index in [1.165, 1.54) is 0 Å². The van der Waals surface area contributed by atoms with Gasteiger partial charge in [0.05, 0.1) is 36.4 Å². The number of fused-ring (bicyclic) bond motifs is 1. The second kappa shape index (κ2) is 6.89. The number of hydrogen-bond donors (Lipinski definition) is 1. The minimum absolute atomic E-state index is 0.0471. The van der Waals surface area contributed by atoms with E-state index >= 15 is 0 Å². The van der Waals surface area contributed by atoms with E-state index in [0.29, 0.717) is 31.9 Å². The highest BCUT2D eigenvalue weighted by molar-refractivity contribution is 5.98. The number of aliphatic hydroxyl groups excluding tert-OH is 1. The van der Waals surface area contributed by atoms with Crippen LogP contribution < -0.4 is 4.90 Å². The zero-order valence-electron chi connectivity index (χ0n) is 15.4. The smallest absolute Gasteiger partial charge is 0.254 e. The summed E-state index contributed by atoms with van der Waals surface area (Å²) in [7, 11) is 1.98. The molecule has 2 aliphatic rings. The number of rotatable bonds is 3. The number of carbonyl (C=O) groups excluding carboxylic acids is 1. The number of benzene rings is 1. The summed E-state index contributed by atoms with van der Waals surface area (Å²) in [6.45, 7) is 5.32. The quantitative estimate of drug-likeness (QED) is 0.898. The number of nitrogens with zero attached hydrogens (tertiary/aromatic N) is 4. The van der Waals surface area contributed by atoms with Crippen LogP contribution >= 0.6 is 0 Å². The third kappa shape index (κ3) is 2.95. The van der Waals surface area contributed by atoms with Crippen LogP contribution in [0.1, 0.15) is 30.1 Å². The lowest BCUT2D eigenvalue weighted by atomic mass is 10.1. The van der Waals surface area contributed by atoms with Crippen molar-refractivity contribution >= 4 is 22.9 Å². The number of imidazole rings is 1. The van der Waals surface area contributed by atoms with Crippen molar-refractivity contribution in [3.63, 3.8) is 0 Å². The molecule has 2 fully saturated rings. The second-order valence-electron chi connectivity index (χ2n) is 7.20. The van der Waals surface area contributed by atoms with Crippen LogP contribution in [0.2, 0.25) is 0 Å². The van der Waals surface area contributed by atoms with Crippen LogP contribution in [0.25, 0.3) is 11.0 Å². The van der Waals surface area contributed by atoms with E-state index in [-0.39, 0.29) is 18.1 Å². The Morgan fingerprint density at radius 1 is 1.38 bits per heavy atom. The molecule has 2 aromatic rings. The van der Waals surface area contributed by atoms with Gasteiger partial charge in [0.15, 0.2) is 0 Å². The predicted octanol–water partition coefficient (Wildman–Crippen LogP) is 1.40. The maximum Gasteiger partial charge on any atom is 0.254 e. The molecule has 0 saturated carbocycles. The summed E-state index contributed by atoms with van der Waals surface area (Å²) in [4.78, 5) is 21.8. The van der Waals surface area contributed by atoms with E-state index in [1.807, 2.05) is 34.7 Å². The lowest BCUT2D eigenvalue weighted by Gasteiger charge is -2.35. The van der Waals surface area contributed by atoms with Crippen molar-refractivity contribution in [2.24, 2.45) is 7.05 Å². The van der Waals surface area contributed by atoms with Gasteiger partial charge >= 0.3 is 0 Å². The van der Waals surface area contributed by atoms with Gasteiger partial charge in [-0.15, -0.1) is 0 Å². The van der Waals surface area contributed by atoms with Crippen LogP contribution in [-0.4, -0.2) is 70.5 Å². The number of carbonyl (C=O) groups is 1. The molecule has 26 heavy (non-hydrogen) atoms. The second-order valence-corrected chi connectivity index (χ2v) is 7.20. The Bertz CT molecular complexity index is 818. The molecule has 4 rings (SSSR count). The average molecular weight is 358 g/mol. The van der Waals surface area contributed by atoms with Gasteiger partial charge < -0.3 is 24.2 Å². The van der Waals surface area contributed by atoms with Gasteiger partial charge in [0.25, 0.3) is 5.91 Å². The number of aliphatic hydroxyl groups is 1. The molecule has 2 aliphatic heterocycles. The lowest BCUT2D eigenvalue weighted by Crippen LogP contribution is -2.48. The molecule has 0 aliphatic carbocycles. The molecule has 0 spiro atoms. The summed E-state index contributed by atoms with van der Waals surface area (Å²) in [5.74, 6) is 0.893. The van der Waals surface area contributed by atoms with Gasteiger partial charge in [0, 0.05) is 32.2 Å². The van der Waals surface area contributed by atoms with Crippen molar-refractivity contribution in [1.82, 2.24) is 14.5 Å². The van der Waals surface area contributed by atoms with Crippen LogP contribution in [0.4, 0.5) is 5.95 Å². The van der Waals surface area contributed by atoms with Gasteiger partial charge in [-0.05, 0) is 31.0 Å². The number of β-amino-alcohol motifs (C(OH)–C–C–N with tert-alkyl or cyclic N) is 1. The van der Waals surface area contributed by atoms with E-state index in [9.17, 15) is 9.90 Å². The van der Waals surface area contributed by atoms with Crippen LogP contribution in [0.5, 0.6) is 0 Å².